The topological polar surface area (TPSA) is 86.2 Å². The number of hydrogen-bond donors (Lipinski definition) is 1. The Morgan fingerprint density at radius 2 is 2.15 bits per heavy atom. The number of nitrogen functional groups attached to an aromatic ring is 1. The van der Waals surface area contributed by atoms with Gasteiger partial charge in [0.05, 0.1) is 4.92 Å². The number of carbonyl (C=O) groups is 1. The molecule has 0 fully saturated rings. The summed E-state index contributed by atoms with van der Waals surface area (Å²) in [4.78, 5) is 20.2. The van der Waals surface area contributed by atoms with Crippen molar-refractivity contribution in [3.05, 3.63) is 33.4 Å². The average molecular weight is 180 g/mol. The molecule has 0 aliphatic heterocycles. The summed E-state index contributed by atoms with van der Waals surface area (Å²) in [5.74, 6) is 0. The molecule has 0 saturated carbocycles. The lowest BCUT2D eigenvalue weighted by Crippen LogP contribution is -1.99. The smallest absolute Gasteiger partial charge is 0.293 e. The van der Waals surface area contributed by atoms with E-state index in [-0.39, 0.29) is 16.9 Å². The SMILES string of the molecule is Cc1cc(C=O)cc([N+](=O)[O-])c1N. The molecule has 0 unspecified atom stereocenters. The van der Waals surface area contributed by atoms with Gasteiger partial charge in [-0.2, -0.15) is 0 Å². The van der Waals surface area contributed by atoms with Crippen LogP contribution in [0.15, 0.2) is 12.1 Å². The van der Waals surface area contributed by atoms with Gasteiger partial charge < -0.3 is 5.73 Å². The lowest BCUT2D eigenvalue weighted by Gasteiger charge is -2.01. The summed E-state index contributed by atoms with van der Waals surface area (Å²) in [7, 11) is 0. The third-order valence-electron chi connectivity index (χ3n) is 1.72. The van der Waals surface area contributed by atoms with Crippen LogP contribution in [0.2, 0.25) is 0 Å². The fourth-order valence-corrected chi connectivity index (χ4v) is 1.03. The first-order valence-electron chi connectivity index (χ1n) is 3.56. The number of nitrogens with zero attached hydrogens (tertiary/aromatic N) is 1. The van der Waals surface area contributed by atoms with E-state index < -0.39 is 4.92 Å². The molecule has 5 nitrogen and oxygen atoms in total. The van der Waals surface area contributed by atoms with E-state index >= 15 is 0 Å². The zero-order valence-electron chi connectivity index (χ0n) is 6.98. The predicted molar refractivity (Wildman–Crippen MR) is 47.6 cm³/mol. The van der Waals surface area contributed by atoms with Crippen molar-refractivity contribution in [1.29, 1.82) is 0 Å². The van der Waals surface area contributed by atoms with E-state index in [1.54, 1.807) is 6.92 Å². The highest BCUT2D eigenvalue weighted by Gasteiger charge is 2.14. The molecule has 0 radical (unpaired) electrons. The minimum Gasteiger partial charge on any atom is -0.393 e. The normalized spacial score (nSPS) is 9.62. The summed E-state index contributed by atoms with van der Waals surface area (Å²) in [6, 6.07) is 2.67. The van der Waals surface area contributed by atoms with E-state index in [9.17, 15) is 14.9 Å². The van der Waals surface area contributed by atoms with Crippen LogP contribution in [0.25, 0.3) is 0 Å². The van der Waals surface area contributed by atoms with Gasteiger partial charge in [0, 0.05) is 11.6 Å². The van der Waals surface area contributed by atoms with Crippen LogP contribution < -0.4 is 5.73 Å². The second-order valence-corrected chi connectivity index (χ2v) is 2.65. The van der Waals surface area contributed by atoms with Gasteiger partial charge in [-0.25, -0.2) is 0 Å². The first kappa shape index (κ1) is 9.18. The lowest BCUT2D eigenvalue weighted by molar-refractivity contribution is -0.383. The Morgan fingerprint density at radius 3 is 2.62 bits per heavy atom. The van der Waals surface area contributed by atoms with Crippen LogP contribution in [0.4, 0.5) is 11.4 Å². The number of rotatable bonds is 2. The van der Waals surface area contributed by atoms with Gasteiger partial charge in [-0.1, -0.05) is 0 Å². The summed E-state index contributed by atoms with van der Waals surface area (Å²) in [6.07, 6.45) is 0.555. The van der Waals surface area contributed by atoms with Crippen LogP contribution in [0.5, 0.6) is 0 Å². The molecular formula is C8H8N2O3. The zero-order chi connectivity index (χ0) is 10.0. The average Bonchev–Trinajstić information content (AvgIpc) is 2.09. The van der Waals surface area contributed by atoms with Gasteiger partial charge in [-0.05, 0) is 18.6 Å². The fourth-order valence-electron chi connectivity index (χ4n) is 1.03. The zero-order valence-corrected chi connectivity index (χ0v) is 6.98. The number of carbonyl (C=O) groups excluding carboxylic acids is 1. The molecule has 68 valence electrons. The molecular weight excluding hydrogens is 172 g/mol. The van der Waals surface area contributed by atoms with E-state index in [1.165, 1.54) is 6.07 Å². The van der Waals surface area contributed by atoms with Crippen LogP contribution in [0.1, 0.15) is 15.9 Å². The number of nitro groups is 1. The third kappa shape index (κ3) is 1.64. The minimum atomic E-state index is -0.602. The van der Waals surface area contributed by atoms with Gasteiger partial charge in [-0.15, -0.1) is 0 Å². The summed E-state index contributed by atoms with van der Waals surface area (Å²) in [5.41, 5.74) is 6.14. The Bertz CT molecular complexity index is 374. The van der Waals surface area contributed by atoms with Gasteiger partial charge in [0.25, 0.3) is 5.69 Å². The van der Waals surface area contributed by atoms with Gasteiger partial charge in [0.2, 0.25) is 0 Å². The summed E-state index contributed by atoms with van der Waals surface area (Å²) < 4.78 is 0. The second kappa shape index (κ2) is 3.22. The molecule has 0 aliphatic rings. The van der Waals surface area contributed by atoms with Gasteiger partial charge in [0.15, 0.2) is 0 Å². The Morgan fingerprint density at radius 1 is 1.54 bits per heavy atom. The summed E-state index contributed by atoms with van der Waals surface area (Å²) in [6.45, 7) is 1.62. The van der Waals surface area contributed by atoms with Crippen molar-refractivity contribution in [3.63, 3.8) is 0 Å². The molecule has 2 N–H and O–H groups in total. The Balaban J connectivity index is 3.41. The molecule has 0 heterocycles. The number of anilines is 1. The van der Waals surface area contributed by atoms with E-state index in [0.29, 0.717) is 11.8 Å². The molecule has 0 saturated heterocycles. The first-order valence-corrected chi connectivity index (χ1v) is 3.56. The van der Waals surface area contributed by atoms with E-state index in [2.05, 4.69) is 0 Å². The Hall–Kier alpha value is -1.91. The lowest BCUT2D eigenvalue weighted by atomic mass is 10.1. The number of hydrogen-bond acceptors (Lipinski definition) is 4. The maximum atomic E-state index is 10.5. The molecule has 0 amide bonds. The summed E-state index contributed by atoms with van der Waals surface area (Å²) in [5, 5.41) is 10.5. The van der Waals surface area contributed by atoms with Crippen molar-refractivity contribution in [3.8, 4) is 0 Å². The number of benzene rings is 1. The van der Waals surface area contributed by atoms with E-state index in [0.717, 1.165) is 6.07 Å². The fraction of sp³-hybridized carbons (Fsp3) is 0.125. The Labute approximate surface area is 74.3 Å². The number of aryl methyl sites for hydroxylation is 1. The molecule has 0 spiro atoms. The molecule has 0 atom stereocenters. The van der Waals surface area contributed by atoms with Crippen LogP contribution in [0, 0.1) is 17.0 Å². The largest absolute Gasteiger partial charge is 0.393 e. The van der Waals surface area contributed by atoms with Crippen molar-refractivity contribution in [2.45, 2.75) is 6.92 Å². The molecule has 1 rings (SSSR count). The number of aldehydes is 1. The number of nitro benzene ring substituents is 1. The van der Waals surface area contributed by atoms with Gasteiger partial charge >= 0.3 is 0 Å². The van der Waals surface area contributed by atoms with E-state index in [4.69, 9.17) is 5.73 Å². The van der Waals surface area contributed by atoms with Crippen molar-refractivity contribution >= 4 is 17.7 Å². The maximum absolute atomic E-state index is 10.5. The number of nitrogens with two attached hydrogens (primary N) is 1. The Kier molecular flexibility index (Phi) is 2.27. The second-order valence-electron chi connectivity index (χ2n) is 2.65. The van der Waals surface area contributed by atoms with Crippen molar-refractivity contribution in [1.82, 2.24) is 0 Å². The molecule has 13 heavy (non-hydrogen) atoms. The van der Waals surface area contributed by atoms with Gasteiger partial charge in [0.1, 0.15) is 12.0 Å². The van der Waals surface area contributed by atoms with E-state index in [1.807, 2.05) is 0 Å². The minimum absolute atomic E-state index is 0.107. The molecule has 1 aromatic carbocycles. The predicted octanol–water partition coefficient (Wildman–Crippen LogP) is 1.30. The van der Waals surface area contributed by atoms with Crippen molar-refractivity contribution in [2.75, 3.05) is 5.73 Å². The molecule has 5 heteroatoms. The van der Waals surface area contributed by atoms with Crippen LogP contribution in [-0.4, -0.2) is 11.2 Å². The third-order valence-corrected chi connectivity index (χ3v) is 1.72. The van der Waals surface area contributed by atoms with Crippen molar-refractivity contribution < 1.29 is 9.72 Å². The standard InChI is InChI=1S/C8H8N2O3/c1-5-2-6(4-11)3-7(8(5)9)10(12)13/h2-4H,9H2,1H3. The maximum Gasteiger partial charge on any atom is 0.293 e. The van der Waals surface area contributed by atoms with Crippen LogP contribution in [0.3, 0.4) is 0 Å². The quantitative estimate of drug-likeness (QED) is 0.321. The van der Waals surface area contributed by atoms with Crippen LogP contribution >= 0.6 is 0 Å². The first-order chi connectivity index (χ1) is 6.06. The van der Waals surface area contributed by atoms with Gasteiger partial charge in [-0.3, -0.25) is 14.9 Å². The van der Waals surface area contributed by atoms with Crippen LogP contribution in [-0.2, 0) is 0 Å². The molecule has 0 bridgehead atoms. The monoisotopic (exact) mass is 180 g/mol. The highest BCUT2D eigenvalue weighted by molar-refractivity contribution is 5.80. The molecule has 0 aliphatic carbocycles. The molecule has 0 aromatic heterocycles. The highest BCUT2D eigenvalue weighted by Crippen LogP contribution is 2.25. The summed E-state index contributed by atoms with van der Waals surface area (Å²) >= 11 is 0. The molecule has 1 aromatic rings. The van der Waals surface area contributed by atoms with Crippen molar-refractivity contribution in [2.24, 2.45) is 0 Å². The highest BCUT2D eigenvalue weighted by atomic mass is 16.6.